The van der Waals surface area contributed by atoms with Gasteiger partial charge < -0.3 is 13.8 Å². The van der Waals surface area contributed by atoms with Crippen LogP contribution in [0.1, 0.15) is 13.8 Å². The van der Waals surface area contributed by atoms with Crippen molar-refractivity contribution in [2.24, 2.45) is 0 Å². The topological polar surface area (TPSA) is 44.8 Å². The van der Waals surface area contributed by atoms with E-state index in [2.05, 4.69) is 6.58 Å². The summed E-state index contributed by atoms with van der Waals surface area (Å²) in [4.78, 5) is 0. The van der Waals surface area contributed by atoms with Crippen molar-refractivity contribution in [3.63, 3.8) is 0 Å². The van der Waals surface area contributed by atoms with Crippen molar-refractivity contribution in [2.75, 3.05) is 19.8 Å². The Labute approximate surface area is 85.1 Å². The molecule has 0 atom stereocenters. The molecule has 0 aromatic carbocycles. The molecule has 0 rings (SSSR count). The highest BCUT2D eigenvalue weighted by Crippen LogP contribution is 2.49. The van der Waals surface area contributed by atoms with E-state index in [4.69, 9.17) is 13.8 Å². The van der Waals surface area contributed by atoms with Crippen molar-refractivity contribution >= 4 is 7.60 Å². The van der Waals surface area contributed by atoms with Crippen LogP contribution in [0.4, 0.5) is 0 Å². The van der Waals surface area contributed by atoms with Gasteiger partial charge in [-0.05, 0) is 13.8 Å². The molecule has 0 saturated carbocycles. The second-order valence-electron chi connectivity index (χ2n) is 2.28. The van der Waals surface area contributed by atoms with Crippen LogP contribution in [0.3, 0.4) is 0 Å². The number of rotatable bonds is 8. The van der Waals surface area contributed by atoms with Crippen LogP contribution in [0.15, 0.2) is 24.7 Å². The molecule has 0 heterocycles. The van der Waals surface area contributed by atoms with Crippen LogP contribution in [-0.4, -0.2) is 19.8 Å². The van der Waals surface area contributed by atoms with Crippen molar-refractivity contribution in [1.29, 1.82) is 0 Å². The summed E-state index contributed by atoms with van der Waals surface area (Å²) in [6.07, 6.45) is 2.91. The van der Waals surface area contributed by atoms with Crippen molar-refractivity contribution in [3.05, 3.63) is 24.7 Å². The summed E-state index contributed by atoms with van der Waals surface area (Å²) in [5, 5.41) is 0. The molecule has 0 bridgehead atoms. The molecule has 0 aliphatic rings. The summed E-state index contributed by atoms with van der Waals surface area (Å²) in [6.45, 7) is 8.03. The lowest BCUT2D eigenvalue weighted by Crippen LogP contribution is -1.93. The lowest BCUT2D eigenvalue weighted by atomic mass is 10.7. The first-order chi connectivity index (χ1) is 6.68. The number of ether oxygens (including phenoxy) is 1. The van der Waals surface area contributed by atoms with Crippen LogP contribution in [0, 0.1) is 0 Å². The molecule has 0 aromatic heterocycles. The molecule has 0 radical (unpaired) electrons. The molecular weight excluding hydrogens is 203 g/mol. The van der Waals surface area contributed by atoms with Gasteiger partial charge in [0.25, 0.3) is 0 Å². The molecule has 82 valence electrons. The third kappa shape index (κ3) is 5.97. The molecule has 0 aliphatic heterocycles. The highest BCUT2D eigenvalue weighted by Gasteiger charge is 2.18. The lowest BCUT2D eigenvalue weighted by Gasteiger charge is -2.12. The van der Waals surface area contributed by atoms with Crippen LogP contribution in [-0.2, 0) is 18.3 Å². The maximum atomic E-state index is 11.7. The SMILES string of the molecule is C=CCO/C=C/P(=O)(OCC)OCC. The Hall–Kier alpha value is -0.570. The molecule has 0 aromatic rings. The third-order valence-electron chi connectivity index (χ3n) is 1.17. The minimum absolute atomic E-state index is 0.336. The molecule has 0 amide bonds. The Morgan fingerprint density at radius 3 is 2.29 bits per heavy atom. The molecule has 5 heteroatoms. The smallest absolute Gasteiger partial charge is 0.357 e. The maximum Gasteiger partial charge on any atom is 0.357 e. The fourth-order valence-corrected chi connectivity index (χ4v) is 1.93. The molecule has 0 saturated heterocycles. The van der Waals surface area contributed by atoms with E-state index in [1.165, 1.54) is 12.1 Å². The summed E-state index contributed by atoms with van der Waals surface area (Å²) in [7, 11) is -3.10. The van der Waals surface area contributed by atoms with Crippen molar-refractivity contribution in [1.82, 2.24) is 0 Å². The van der Waals surface area contributed by atoms with Gasteiger partial charge in [-0.3, -0.25) is 4.57 Å². The van der Waals surface area contributed by atoms with Gasteiger partial charge in [0.2, 0.25) is 0 Å². The van der Waals surface area contributed by atoms with E-state index in [1.807, 2.05) is 0 Å². The fourth-order valence-electron chi connectivity index (χ4n) is 0.724. The largest absolute Gasteiger partial charge is 0.497 e. The summed E-state index contributed by atoms with van der Waals surface area (Å²) >= 11 is 0. The van der Waals surface area contributed by atoms with E-state index in [-0.39, 0.29) is 0 Å². The monoisotopic (exact) mass is 220 g/mol. The first-order valence-electron chi connectivity index (χ1n) is 4.47. The molecule has 0 fully saturated rings. The Kier molecular flexibility index (Phi) is 7.48. The molecule has 4 nitrogen and oxygen atoms in total. The predicted octanol–water partition coefficient (Wildman–Crippen LogP) is 2.93. The predicted molar refractivity (Wildman–Crippen MR) is 56.1 cm³/mol. The van der Waals surface area contributed by atoms with Gasteiger partial charge in [0.05, 0.1) is 25.3 Å². The second-order valence-corrected chi connectivity index (χ2v) is 4.18. The zero-order chi connectivity index (χ0) is 10.9. The quantitative estimate of drug-likeness (QED) is 0.273. The molecule has 0 aliphatic carbocycles. The van der Waals surface area contributed by atoms with Gasteiger partial charge in [-0.25, -0.2) is 0 Å². The van der Waals surface area contributed by atoms with Gasteiger partial charge >= 0.3 is 7.60 Å². The van der Waals surface area contributed by atoms with Gasteiger partial charge in [-0.15, -0.1) is 0 Å². The maximum absolute atomic E-state index is 11.7. The summed E-state index contributed by atoms with van der Waals surface area (Å²) in [5.41, 5.74) is 0. The van der Waals surface area contributed by atoms with Gasteiger partial charge in [-0.2, -0.15) is 0 Å². The van der Waals surface area contributed by atoms with E-state index >= 15 is 0 Å². The Bertz CT molecular complexity index is 215. The van der Waals surface area contributed by atoms with E-state index < -0.39 is 7.60 Å². The average Bonchev–Trinajstić information content (AvgIpc) is 2.13. The highest BCUT2D eigenvalue weighted by atomic mass is 31.2. The number of hydrogen-bond acceptors (Lipinski definition) is 4. The van der Waals surface area contributed by atoms with E-state index in [1.54, 1.807) is 19.9 Å². The van der Waals surface area contributed by atoms with Crippen LogP contribution in [0.25, 0.3) is 0 Å². The molecule has 0 unspecified atom stereocenters. The van der Waals surface area contributed by atoms with Crippen LogP contribution >= 0.6 is 7.60 Å². The first kappa shape index (κ1) is 13.4. The molecule has 14 heavy (non-hydrogen) atoms. The van der Waals surface area contributed by atoms with E-state index in [9.17, 15) is 4.57 Å². The van der Waals surface area contributed by atoms with E-state index in [0.29, 0.717) is 19.8 Å². The second kappa shape index (κ2) is 7.80. The number of hydrogen-bond donors (Lipinski definition) is 0. The van der Waals surface area contributed by atoms with Crippen molar-refractivity contribution < 1.29 is 18.3 Å². The van der Waals surface area contributed by atoms with Crippen LogP contribution in [0.2, 0.25) is 0 Å². The Balaban J connectivity index is 4.13. The van der Waals surface area contributed by atoms with E-state index in [0.717, 1.165) is 0 Å². The Morgan fingerprint density at radius 1 is 1.29 bits per heavy atom. The first-order valence-corrected chi connectivity index (χ1v) is 6.08. The zero-order valence-electron chi connectivity index (χ0n) is 8.64. The summed E-state index contributed by atoms with van der Waals surface area (Å²) in [5.74, 6) is 1.31. The van der Waals surface area contributed by atoms with Gasteiger partial charge in [-0.1, -0.05) is 12.7 Å². The standard InChI is InChI=1S/C9H17O4P/c1-4-7-11-8-9-14(10,12-5-2)13-6-3/h4,8-9H,1,5-7H2,2-3H3/b9-8+. The van der Waals surface area contributed by atoms with Crippen LogP contribution in [0.5, 0.6) is 0 Å². The molecule has 0 spiro atoms. The molecular formula is C9H17O4P. The van der Waals surface area contributed by atoms with Gasteiger partial charge in [0, 0.05) is 0 Å². The lowest BCUT2D eigenvalue weighted by molar-refractivity contribution is 0.226. The van der Waals surface area contributed by atoms with Gasteiger partial charge in [0.1, 0.15) is 6.61 Å². The van der Waals surface area contributed by atoms with Crippen molar-refractivity contribution in [2.45, 2.75) is 13.8 Å². The molecule has 0 N–H and O–H groups in total. The highest BCUT2D eigenvalue weighted by molar-refractivity contribution is 7.57. The van der Waals surface area contributed by atoms with Crippen molar-refractivity contribution in [3.8, 4) is 0 Å². The van der Waals surface area contributed by atoms with Crippen LogP contribution < -0.4 is 0 Å². The summed E-state index contributed by atoms with van der Waals surface area (Å²) < 4.78 is 26.7. The minimum atomic E-state index is -3.10. The Morgan fingerprint density at radius 2 is 1.86 bits per heavy atom. The fraction of sp³-hybridized carbons (Fsp3) is 0.556. The summed E-state index contributed by atoms with van der Waals surface area (Å²) in [6, 6.07) is 0. The minimum Gasteiger partial charge on any atom is -0.497 e. The normalized spacial score (nSPS) is 11.9. The van der Waals surface area contributed by atoms with Gasteiger partial charge in [0.15, 0.2) is 0 Å². The zero-order valence-corrected chi connectivity index (χ0v) is 9.54. The third-order valence-corrected chi connectivity index (χ3v) is 2.89. The average molecular weight is 220 g/mol.